The van der Waals surface area contributed by atoms with Gasteiger partial charge in [-0.25, -0.2) is 14.8 Å². The average Bonchev–Trinajstić information content (AvgIpc) is 3.54. The summed E-state index contributed by atoms with van der Waals surface area (Å²) in [5, 5.41) is 12.9. The SMILES string of the molecule is CNCC(O)COc1cccc(-c2nc(CC3CCOC3)c(C)c(N3CCN4C(=O)OC[C@@H]4C3)n2)c1. The fraction of sp³-hybridized carbons (Fsp3) is 0.577. The maximum absolute atomic E-state index is 12.0. The molecule has 1 amide bonds. The van der Waals surface area contributed by atoms with Crippen LogP contribution in [0, 0.1) is 12.8 Å². The molecule has 0 spiro atoms. The number of aliphatic hydroxyl groups is 1. The highest BCUT2D eigenvalue weighted by Gasteiger charge is 2.38. The highest BCUT2D eigenvalue weighted by molar-refractivity contribution is 5.71. The molecule has 2 unspecified atom stereocenters. The number of ether oxygens (including phenoxy) is 3. The topological polar surface area (TPSA) is 109 Å². The number of likely N-dealkylation sites (N-methyl/N-ethyl adjacent to an activating group) is 1. The first-order valence-electron chi connectivity index (χ1n) is 12.7. The van der Waals surface area contributed by atoms with Crippen molar-refractivity contribution in [3.8, 4) is 17.1 Å². The van der Waals surface area contributed by atoms with E-state index in [0.29, 0.717) is 50.3 Å². The van der Waals surface area contributed by atoms with E-state index in [9.17, 15) is 9.90 Å². The minimum atomic E-state index is -0.591. The molecule has 3 aliphatic rings. The van der Waals surface area contributed by atoms with Gasteiger partial charge in [0.15, 0.2) is 5.82 Å². The molecule has 3 aliphatic heterocycles. The summed E-state index contributed by atoms with van der Waals surface area (Å²) >= 11 is 0. The molecule has 4 heterocycles. The van der Waals surface area contributed by atoms with Crippen molar-refractivity contribution in [3.63, 3.8) is 0 Å². The molecule has 36 heavy (non-hydrogen) atoms. The Labute approximate surface area is 211 Å². The summed E-state index contributed by atoms with van der Waals surface area (Å²) in [5.41, 5.74) is 2.97. The third kappa shape index (κ3) is 5.40. The van der Waals surface area contributed by atoms with E-state index in [1.54, 1.807) is 7.05 Å². The van der Waals surface area contributed by atoms with Gasteiger partial charge in [0, 0.05) is 56.2 Å². The maximum atomic E-state index is 12.0. The van der Waals surface area contributed by atoms with Crippen LogP contribution in [0.1, 0.15) is 17.7 Å². The van der Waals surface area contributed by atoms with Gasteiger partial charge >= 0.3 is 6.09 Å². The first-order valence-corrected chi connectivity index (χ1v) is 12.7. The van der Waals surface area contributed by atoms with Crippen molar-refractivity contribution < 1.29 is 24.1 Å². The van der Waals surface area contributed by atoms with Crippen molar-refractivity contribution in [1.29, 1.82) is 0 Å². The second kappa shape index (κ2) is 11.0. The van der Waals surface area contributed by atoms with E-state index in [-0.39, 0.29) is 18.7 Å². The number of nitrogens with zero attached hydrogens (tertiary/aromatic N) is 4. The zero-order valence-electron chi connectivity index (χ0n) is 21.0. The van der Waals surface area contributed by atoms with Crippen LogP contribution in [0.25, 0.3) is 11.4 Å². The molecule has 10 heteroatoms. The normalized spacial score (nSPS) is 22.5. The number of aliphatic hydroxyl groups excluding tert-OH is 1. The number of carbonyl (C=O) groups excluding carboxylic acids is 1. The van der Waals surface area contributed by atoms with E-state index in [1.165, 1.54) is 0 Å². The lowest BCUT2D eigenvalue weighted by Crippen LogP contribution is -2.52. The van der Waals surface area contributed by atoms with Crippen LogP contribution in [-0.4, -0.2) is 97.9 Å². The summed E-state index contributed by atoms with van der Waals surface area (Å²) in [6, 6.07) is 7.73. The van der Waals surface area contributed by atoms with E-state index < -0.39 is 6.10 Å². The number of amides is 1. The third-order valence-corrected chi connectivity index (χ3v) is 7.12. The van der Waals surface area contributed by atoms with Crippen LogP contribution < -0.4 is 15.0 Å². The van der Waals surface area contributed by atoms with Crippen molar-refractivity contribution in [2.45, 2.75) is 31.9 Å². The Hall–Kier alpha value is -2.95. The Morgan fingerprint density at radius 1 is 1.28 bits per heavy atom. The fourth-order valence-corrected chi connectivity index (χ4v) is 5.10. The molecule has 3 fully saturated rings. The number of rotatable bonds is 9. The van der Waals surface area contributed by atoms with Gasteiger partial charge in [0.2, 0.25) is 0 Å². The Bertz CT molecular complexity index is 1080. The Balaban J connectivity index is 1.44. The number of nitrogens with one attached hydrogen (secondary N) is 1. The quantitative estimate of drug-likeness (QED) is 0.534. The number of benzene rings is 1. The molecule has 10 nitrogen and oxygen atoms in total. The van der Waals surface area contributed by atoms with Crippen molar-refractivity contribution in [2.75, 3.05) is 64.6 Å². The molecular formula is C26H35N5O5. The highest BCUT2D eigenvalue weighted by atomic mass is 16.6. The van der Waals surface area contributed by atoms with Crippen LogP contribution >= 0.6 is 0 Å². The monoisotopic (exact) mass is 497 g/mol. The molecule has 0 bridgehead atoms. The van der Waals surface area contributed by atoms with Crippen LogP contribution in [-0.2, 0) is 15.9 Å². The second-order valence-corrected chi connectivity index (χ2v) is 9.80. The van der Waals surface area contributed by atoms with Crippen LogP contribution in [0.5, 0.6) is 5.75 Å². The van der Waals surface area contributed by atoms with Gasteiger partial charge in [-0.2, -0.15) is 0 Å². The highest BCUT2D eigenvalue weighted by Crippen LogP contribution is 2.31. The van der Waals surface area contributed by atoms with Crippen molar-refractivity contribution in [3.05, 3.63) is 35.5 Å². The summed E-state index contributed by atoms with van der Waals surface area (Å²) < 4.78 is 16.7. The van der Waals surface area contributed by atoms with Gasteiger partial charge < -0.3 is 29.5 Å². The summed E-state index contributed by atoms with van der Waals surface area (Å²) in [6.45, 7) is 6.72. The van der Waals surface area contributed by atoms with Gasteiger partial charge in [0.05, 0.1) is 6.04 Å². The number of carbonyl (C=O) groups is 1. The first kappa shape index (κ1) is 24.7. The molecule has 1 aromatic heterocycles. The molecule has 0 radical (unpaired) electrons. The summed E-state index contributed by atoms with van der Waals surface area (Å²) in [5.74, 6) is 2.66. The van der Waals surface area contributed by atoms with Crippen LogP contribution in [0.15, 0.2) is 24.3 Å². The minimum absolute atomic E-state index is 0.0384. The maximum Gasteiger partial charge on any atom is 0.410 e. The van der Waals surface area contributed by atoms with Crippen molar-refractivity contribution >= 4 is 11.9 Å². The number of anilines is 1. The molecule has 2 N–H and O–H groups in total. The number of piperazine rings is 1. The molecule has 194 valence electrons. The average molecular weight is 498 g/mol. The molecule has 0 saturated carbocycles. The number of hydrogen-bond acceptors (Lipinski definition) is 9. The number of hydrogen-bond donors (Lipinski definition) is 2. The van der Waals surface area contributed by atoms with Crippen LogP contribution in [0.4, 0.5) is 10.6 Å². The number of cyclic esters (lactones) is 1. The van der Waals surface area contributed by atoms with Gasteiger partial charge in [0.1, 0.15) is 30.9 Å². The zero-order chi connectivity index (χ0) is 25.1. The zero-order valence-corrected chi connectivity index (χ0v) is 21.0. The van der Waals surface area contributed by atoms with Gasteiger partial charge in [-0.1, -0.05) is 12.1 Å². The van der Waals surface area contributed by atoms with E-state index in [2.05, 4.69) is 17.1 Å². The van der Waals surface area contributed by atoms with Crippen LogP contribution in [0.2, 0.25) is 0 Å². The minimum Gasteiger partial charge on any atom is -0.491 e. The summed E-state index contributed by atoms with van der Waals surface area (Å²) in [7, 11) is 1.79. The number of aromatic nitrogens is 2. The molecule has 3 atom stereocenters. The molecular weight excluding hydrogens is 462 g/mol. The van der Waals surface area contributed by atoms with E-state index in [0.717, 1.165) is 48.7 Å². The second-order valence-electron chi connectivity index (χ2n) is 9.80. The van der Waals surface area contributed by atoms with E-state index in [4.69, 9.17) is 24.2 Å². The molecule has 2 aromatic rings. The lowest BCUT2D eigenvalue weighted by molar-refractivity contribution is 0.108. The van der Waals surface area contributed by atoms with E-state index >= 15 is 0 Å². The van der Waals surface area contributed by atoms with Crippen LogP contribution in [0.3, 0.4) is 0 Å². The third-order valence-electron chi connectivity index (χ3n) is 7.12. The molecule has 3 saturated heterocycles. The Morgan fingerprint density at radius 2 is 2.17 bits per heavy atom. The van der Waals surface area contributed by atoms with Gasteiger partial charge in [-0.05, 0) is 44.9 Å². The lowest BCUT2D eigenvalue weighted by Gasteiger charge is -2.37. The lowest BCUT2D eigenvalue weighted by atomic mass is 9.99. The summed E-state index contributed by atoms with van der Waals surface area (Å²) in [4.78, 5) is 26.1. The van der Waals surface area contributed by atoms with Gasteiger partial charge in [-0.15, -0.1) is 0 Å². The Morgan fingerprint density at radius 3 is 2.97 bits per heavy atom. The molecule has 0 aliphatic carbocycles. The number of fused-ring (bicyclic) bond motifs is 1. The van der Waals surface area contributed by atoms with Gasteiger partial charge in [-0.3, -0.25) is 4.90 Å². The molecule has 5 rings (SSSR count). The molecule has 1 aromatic carbocycles. The van der Waals surface area contributed by atoms with Gasteiger partial charge in [0.25, 0.3) is 0 Å². The smallest absolute Gasteiger partial charge is 0.410 e. The standard InChI is InChI=1S/C26H35N5O5/c1-17-23(10-18-6-9-34-14-18)28-24(19-4-3-5-22(11-19)35-16-21(32)12-27-2)29-25(17)30-7-8-31-20(13-30)15-36-26(31)33/h3-5,11,18,20-21,27,32H,6-10,12-16H2,1-2H3/t18?,20-,21?/m0/s1. The fourth-order valence-electron chi connectivity index (χ4n) is 5.10. The van der Waals surface area contributed by atoms with Crippen molar-refractivity contribution in [1.82, 2.24) is 20.2 Å². The van der Waals surface area contributed by atoms with Crippen molar-refractivity contribution in [2.24, 2.45) is 5.92 Å². The first-order chi connectivity index (χ1) is 17.5. The predicted octanol–water partition coefficient (Wildman–Crippen LogP) is 1.63. The summed E-state index contributed by atoms with van der Waals surface area (Å²) in [6.07, 6.45) is 1.06. The largest absolute Gasteiger partial charge is 0.491 e. The van der Waals surface area contributed by atoms with E-state index in [1.807, 2.05) is 29.2 Å². The Kier molecular flexibility index (Phi) is 7.54. The predicted molar refractivity (Wildman–Crippen MR) is 134 cm³/mol.